The summed E-state index contributed by atoms with van der Waals surface area (Å²) in [4.78, 5) is 4.87. The van der Waals surface area contributed by atoms with Crippen LogP contribution in [0.15, 0.2) is 48.8 Å². The molecular weight excluding hydrogens is 282 g/mol. The lowest BCUT2D eigenvalue weighted by molar-refractivity contribution is 0.300. The number of hydrogen-bond acceptors (Lipinski definition) is 3. The Balaban J connectivity index is 1.80. The van der Waals surface area contributed by atoms with E-state index in [0.717, 1.165) is 28.2 Å². The zero-order valence-electron chi connectivity index (χ0n) is 11.6. The first kappa shape index (κ1) is 13.6. The predicted molar refractivity (Wildman–Crippen MR) is 86.6 cm³/mol. The lowest BCUT2D eigenvalue weighted by Gasteiger charge is -2.09. The van der Waals surface area contributed by atoms with Crippen LogP contribution in [0.3, 0.4) is 0 Å². The van der Waals surface area contributed by atoms with Crippen molar-refractivity contribution in [1.29, 1.82) is 0 Å². The number of nitrogens with zero attached hydrogens (tertiary/aromatic N) is 2. The fourth-order valence-corrected chi connectivity index (χ4v) is 2.24. The standard InChI is InChI=1S/C16H15N3OS/c1-11-5-6-12(16(17)21)8-14(11)20-10-13-9-19-7-3-2-4-15(19)18-13/h2-9H,10H2,1H3,(H2,17,21). The molecule has 2 heterocycles. The molecule has 0 atom stereocenters. The van der Waals surface area contributed by atoms with Crippen LogP contribution < -0.4 is 10.5 Å². The van der Waals surface area contributed by atoms with E-state index in [2.05, 4.69) is 4.98 Å². The van der Waals surface area contributed by atoms with Crippen LogP contribution in [-0.4, -0.2) is 14.4 Å². The van der Waals surface area contributed by atoms with Crippen molar-refractivity contribution in [3.05, 3.63) is 65.6 Å². The highest BCUT2D eigenvalue weighted by Gasteiger charge is 2.06. The summed E-state index contributed by atoms with van der Waals surface area (Å²) < 4.78 is 7.82. The average Bonchev–Trinajstić information content (AvgIpc) is 2.89. The average molecular weight is 297 g/mol. The van der Waals surface area contributed by atoms with Crippen LogP contribution in [0.4, 0.5) is 0 Å². The van der Waals surface area contributed by atoms with Gasteiger partial charge in [0, 0.05) is 18.0 Å². The minimum Gasteiger partial charge on any atom is -0.487 e. The molecule has 0 fully saturated rings. The molecule has 0 unspecified atom stereocenters. The molecule has 0 radical (unpaired) electrons. The lowest BCUT2D eigenvalue weighted by Crippen LogP contribution is -2.09. The van der Waals surface area contributed by atoms with Gasteiger partial charge in [0.2, 0.25) is 0 Å². The molecule has 0 aliphatic rings. The molecule has 2 N–H and O–H groups in total. The maximum atomic E-state index is 5.85. The highest BCUT2D eigenvalue weighted by Crippen LogP contribution is 2.21. The molecule has 0 spiro atoms. The van der Waals surface area contributed by atoms with Gasteiger partial charge in [-0.15, -0.1) is 0 Å². The predicted octanol–water partition coefficient (Wildman–Crippen LogP) is 2.86. The Morgan fingerprint density at radius 1 is 1.33 bits per heavy atom. The normalized spacial score (nSPS) is 10.7. The van der Waals surface area contributed by atoms with Crippen LogP contribution in [0.1, 0.15) is 16.8 Å². The van der Waals surface area contributed by atoms with E-state index >= 15 is 0 Å². The van der Waals surface area contributed by atoms with Gasteiger partial charge in [0.15, 0.2) is 0 Å². The van der Waals surface area contributed by atoms with E-state index in [-0.39, 0.29) is 0 Å². The third-order valence-corrected chi connectivity index (χ3v) is 3.50. The van der Waals surface area contributed by atoms with E-state index in [1.54, 1.807) is 0 Å². The summed E-state index contributed by atoms with van der Waals surface area (Å²) in [6, 6.07) is 11.6. The largest absolute Gasteiger partial charge is 0.487 e. The fourth-order valence-electron chi connectivity index (χ4n) is 2.12. The molecule has 2 aromatic heterocycles. The van der Waals surface area contributed by atoms with E-state index in [4.69, 9.17) is 22.7 Å². The van der Waals surface area contributed by atoms with Crippen molar-refractivity contribution >= 4 is 22.9 Å². The van der Waals surface area contributed by atoms with Crippen molar-refractivity contribution < 1.29 is 4.74 Å². The van der Waals surface area contributed by atoms with E-state index in [9.17, 15) is 0 Å². The van der Waals surface area contributed by atoms with Gasteiger partial charge in [-0.05, 0) is 30.7 Å². The van der Waals surface area contributed by atoms with Gasteiger partial charge in [-0.25, -0.2) is 4.98 Å². The number of pyridine rings is 1. The topological polar surface area (TPSA) is 52.5 Å². The number of thiocarbonyl (C=S) groups is 1. The Labute approximate surface area is 128 Å². The monoisotopic (exact) mass is 297 g/mol. The highest BCUT2D eigenvalue weighted by molar-refractivity contribution is 7.80. The lowest BCUT2D eigenvalue weighted by atomic mass is 10.1. The summed E-state index contributed by atoms with van der Waals surface area (Å²) in [7, 11) is 0. The smallest absolute Gasteiger partial charge is 0.137 e. The molecule has 3 aromatic rings. The summed E-state index contributed by atoms with van der Waals surface area (Å²) in [5.74, 6) is 0.775. The van der Waals surface area contributed by atoms with Crippen LogP contribution >= 0.6 is 12.2 Å². The summed E-state index contributed by atoms with van der Waals surface area (Å²) in [5.41, 5.74) is 9.28. The number of ether oxygens (including phenoxy) is 1. The molecule has 0 amide bonds. The van der Waals surface area contributed by atoms with Gasteiger partial charge in [0.1, 0.15) is 23.0 Å². The van der Waals surface area contributed by atoms with Crippen molar-refractivity contribution in [3.63, 3.8) is 0 Å². The molecule has 0 aliphatic carbocycles. The summed E-state index contributed by atoms with van der Waals surface area (Å²) in [6.07, 6.45) is 3.92. The molecule has 21 heavy (non-hydrogen) atoms. The minimum atomic E-state index is 0.368. The van der Waals surface area contributed by atoms with Gasteiger partial charge in [-0.3, -0.25) is 0 Å². The first-order valence-electron chi connectivity index (χ1n) is 6.59. The Morgan fingerprint density at radius 2 is 2.19 bits per heavy atom. The third kappa shape index (κ3) is 2.87. The molecule has 5 heteroatoms. The number of imidazole rings is 1. The van der Waals surface area contributed by atoms with Gasteiger partial charge in [0.25, 0.3) is 0 Å². The van der Waals surface area contributed by atoms with Crippen molar-refractivity contribution in [1.82, 2.24) is 9.38 Å². The molecule has 3 rings (SSSR count). The number of fused-ring (bicyclic) bond motifs is 1. The Bertz CT molecular complexity index is 777. The second-order valence-corrected chi connectivity index (χ2v) is 5.27. The number of hydrogen-bond donors (Lipinski definition) is 1. The first-order valence-corrected chi connectivity index (χ1v) is 7.00. The summed E-state index contributed by atoms with van der Waals surface area (Å²) >= 11 is 4.99. The molecular formula is C16H15N3OS. The maximum Gasteiger partial charge on any atom is 0.137 e. The second kappa shape index (κ2) is 5.54. The molecule has 0 bridgehead atoms. The fraction of sp³-hybridized carbons (Fsp3) is 0.125. The van der Waals surface area contributed by atoms with E-state index < -0.39 is 0 Å². The second-order valence-electron chi connectivity index (χ2n) is 4.83. The van der Waals surface area contributed by atoms with Crippen molar-refractivity contribution in [2.45, 2.75) is 13.5 Å². The van der Waals surface area contributed by atoms with Gasteiger partial charge in [-0.1, -0.05) is 30.4 Å². The van der Waals surface area contributed by atoms with Gasteiger partial charge in [-0.2, -0.15) is 0 Å². The molecule has 4 nitrogen and oxygen atoms in total. The van der Waals surface area contributed by atoms with Gasteiger partial charge in [0.05, 0.1) is 5.69 Å². The summed E-state index contributed by atoms with van der Waals surface area (Å²) in [5, 5.41) is 0. The van der Waals surface area contributed by atoms with Crippen molar-refractivity contribution in [2.24, 2.45) is 5.73 Å². The van der Waals surface area contributed by atoms with E-state index in [1.165, 1.54) is 0 Å². The number of rotatable bonds is 4. The number of benzene rings is 1. The van der Waals surface area contributed by atoms with Crippen LogP contribution in [0.5, 0.6) is 5.75 Å². The molecule has 0 saturated carbocycles. The quantitative estimate of drug-likeness (QED) is 0.752. The zero-order valence-corrected chi connectivity index (χ0v) is 12.4. The van der Waals surface area contributed by atoms with Gasteiger partial charge >= 0.3 is 0 Å². The van der Waals surface area contributed by atoms with E-state index in [0.29, 0.717) is 11.6 Å². The maximum absolute atomic E-state index is 5.85. The third-order valence-electron chi connectivity index (χ3n) is 3.26. The van der Waals surface area contributed by atoms with Crippen molar-refractivity contribution in [3.8, 4) is 5.75 Å². The van der Waals surface area contributed by atoms with Crippen LogP contribution in [0, 0.1) is 6.92 Å². The Hall–Kier alpha value is -2.40. The van der Waals surface area contributed by atoms with Crippen molar-refractivity contribution in [2.75, 3.05) is 0 Å². The molecule has 0 saturated heterocycles. The molecule has 1 aromatic carbocycles. The Kier molecular flexibility index (Phi) is 3.58. The molecule has 106 valence electrons. The molecule has 0 aliphatic heterocycles. The summed E-state index contributed by atoms with van der Waals surface area (Å²) in [6.45, 7) is 2.39. The minimum absolute atomic E-state index is 0.368. The SMILES string of the molecule is Cc1ccc(C(N)=S)cc1OCc1cn2ccccc2n1. The first-order chi connectivity index (χ1) is 10.1. The van der Waals surface area contributed by atoms with Crippen LogP contribution in [0.25, 0.3) is 5.65 Å². The van der Waals surface area contributed by atoms with Gasteiger partial charge < -0.3 is 14.9 Å². The Morgan fingerprint density at radius 3 is 2.95 bits per heavy atom. The highest BCUT2D eigenvalue weighted by atomic mass is 32.1. The number of aromatic nitrogens is 2. The van der Waals surface area contributed by atoms with E-state index in [1.807, 2.05) is 60.1 Å². The zero-order chi connectivity index (χ0) is 14.8. The number of aryl methyl sites for hydroxylation is 1. The van der Waals surface area contributed by atoms with Crippen LogP contribution in [-0.2, 0) is 6.61 Å². The number of nitrogens with two attached hydrogens (primary N) is 1. The van der Waals surface area contributed by atoms with Crippen LogP contribution in [0.2, 0.25) is 0 Å².